The Labute approximate surface area is 83.4 Å². The van der Waals surface area contributed by atoms with Gasteiger partial charge in [0.2, 0.25) is 0 Å². The number of hydrogen-bond acceptors (Lipinski definition) is 2. The summed E-state index contributed by atoms with van der Waals surface area (Å²) in [5, 5.41) is 0. The molecule has 72 valence electrons. The quantitative estimate of drug-likeness (QED) is 0.696. The van der Waals surface area contributed by atoms with Gasteiger partial charge in [0.05, 0.1) is 6.26 Å². The van der Waals surface area contributed by atoms with Crippen LogP contribution in [0.25, 0.3) is 11.3 Å². The normalized spacial score (nSPS) is 10.4. The van der Waals surface area contributed by atoms with E-state index in [9.17, 15) is 0 Å². The predicted octanol–water partition coefficient (Wildman–Crippen LogP) is 3.15. The van der Waals surface area contributed by atoms with Gasteiger partial charge in [-0.1, -0.05) is 0 Å². The fourth-order valence-corrected chi connectivity index (χ4v) is 1.81. The summed E-state index contributed by atoms with van der Waals surface area (Å²) in [6.07, 6.45) is 1.69. The Hall–Kier alpha value is -1.70. The summed E-state index contributed by atoms with van der Waals surface area (Å²) in [5.41, 5.74) is 10.00. The molecule has 0 aliphatic heterocycles. The summed E-state index contributed by atoms with van der Waals surface area (Å²) in [4.78, 5) is 0. The van der Waals surface area contributed by atoms with E-state index in [1.165, 1.54) is 0 Å². The first kappa shape index (κ1) is 8.88. The molecule has 2 nitrogen and oxygen atoms in total. The molecule has 2 aromatic rings. The first-order valence-corrected chi connectivity index (χ1v) is 4.59. The van der Waals surface area contributed by atoms with Crippen LogP contribution in [0.15, 0.2) is 34.9 Å². The molecule has 0 aliphatic carbocycles. The first-order valence-electron chi connectivity index (χ1n) is 4.59. The predicted molar refractivity (Wildman–Crippen MR) is 58.0 cm³/mol. The summed E-state index contributed by atoms with van der Waals surface area (Å²) in [5.74, 6) is 0.903. The van der Waals surface area contributed by atoms with E-state index in [1.807, 2.05) is 38.1 Å². The van der Waals surface area contributed by atoms with Crippen LogP contribution in [0.5, 0.6) is 0 Å². The van der Waals surface area contributed by atoms with Crippen LogP contribution in [0.1, 0.15) is 11.1 Å². The Kier molecular flexibility index (Phi) is 2.04. The van der Waals surface area contributed by atoms with Crippen molar-refractivity contribution in [2.24, 2.45) is 0 Å². The summed E-state index contributed by atoms with van der Waals surface area (Å²) < 4.78 is 5.38. The van der Waals surface area contributed by atoms with Gasteiger partial charge in [-0.25, -0.2) is 0 Å². The van der Waals surface area contributed by atoms with Crippen molar-refractivity contribution >= 4 is 5.69 Å². The lowest BCUT2D eigenvalue weighted by Gasteiger charge is -2.08. The fraction of sp³-hybridized carbons (Fsp3) is 0.167. The molecular weight excluding hydrogens is 174 g/mol. The van der Waals surface area contributed by atoms with Gasteiger partial charge in [-0.2, -0.15) is 0 Å². The third-order valence-corrected chi connectivity index (χ3v) is 2.32. The van der Waals surface area contributed by atoms with E-state index < -0.39 is 0 Å². The van der Waals surface area contributed by atoms with Crippen LogP contribution >= 0.6 is 0 Å². The molecule has 0 unspecified atom stereocenters. The van der Waals surface area contributed by atoms with Crippen LogP contribution in [-0.4, -0.2) is 0 Å². The van der Waals surface area contributed by atoms with Gasteiger partial charge in [-0.05, 0) is 49.2 Å². The third kappa shape index (κ3) is 1.39. The maximum absolute atomic E-state index is 5.75. The van der Waals surface area contributed by atoms with Crippen molar-refractivity contribution in [3.63, 3.8) is 0 Å². The van der Waals surface area contributed by atoms with E-state index in [2.05, 4.69) is 0 Å². The fourth-order valence-electron chi connectivity index (χ4n) is 1.81. The van der Waals surface area contributed by atoms with Gasteiger partial charge in [0, 0.05) is 11.3 Å². The number of hydrogen-bond donors (Lipinski definition) is 1. The lowest BCUT2D eigenvalue weighted by Crippen LogP contribution is -1.91. The molecule has 0 amide bonds. The molecule has 0 spiro atoms. The third-order valence-electron chi connectivity index (χ3n) is 2.32. The number of rotatable bonds is 1. The molecule has 0 atom stereocenters. The molecule has 2 heteroatoms. The zero-order valence-corrected chi connectivity index (χ0v) is 8.37. The van der Waals surface area contributed by atoms with Gasteiger partial charge in [-0.3, -0.25) is 0 Å². The van der Waals surface area contributed by atoms with Crippen LogP contribution < -0.4 is 5.73 Å². The van der Waals surface area contributed by atoms with Crippen LogP contribution in [0, 0.1) is 13.8 Å². The van der Waals surface area contributed by atoms with Gasteiger partial charge in [0.1, 0.15) is 5.76 Å². The van der Waals surface area contributed by atoms with Crippen LogP contribution in [0.2, 0.25) is 0 Å². The minimum atomic E-state index is 0.801. The number of nitrogen functional groups attached to an aromatic ring is 1. The highest BCUT2D eigenvalue weighted by Crippen LogP contribution is 2.29. The average molecular weight is 187 g/mol. The minimum Gasteiger partial charge on any atom is -0.464 e. The van der Waals surface area contributed by atoms with Crippen molar-refractivity contribution in [2.45, 2.75) is 13.8 Å². The lowest BCUT2D eigenvalue weighted by molar-refractivity contribution is 0.581. The summed E-state index contributed by atoms with van der Waals surface area (Å²) >= 11 is 0. The molecule has 0 saturated heterocycles. The second-order valence-corrected chi connectivity index (χ2v) is 3.51. The molecule has 1 aromatic heterocycles. The monoisotopic (exact) mass is 187 g/mol. The Bertz CT molecular complexity index is 420. The maximum atomic E-state index is 5.75. The Morgan fingerprint density at radius 1 is 1.14 bits per heavy atom. The van der Waals surface area contributed by atoms with Crippen LogP contribution in [0.4, 0.5) is 5.69 Å². The number of furan rings is 1. The largest absolute Gasteiger partial charge is 0.464 e. The van der Waals surface area contributed by atoms with Crippen LogP contribution in [0.3, 0.4) is 0 Å². The average Bonchev–Trinajstić information content (AvgIpc) is 2.54. The van der Waals surface area contributed by atoms with Crippen molar-refractivity contribution in [3.05, 3.63) is 41.7 Å². The molecule has 0 fully saturated rings. The Morgan fingerprint density at radius 3 is 2.29 bits per heavy atom. The Morgan fingerprint density at radius 2 is 1.79 bits per heavy atom. The highest BCUT2D eigenvalue weighted by molar-refractivity contribution is 5.69. The summed E-state index contributed by atoms with van der Waals surface area (Å²) in [7, 11) is 0. The van der Waals surface area contributed by atoms with Crippen molar-refractivity contribution in [1.82, 2.24) is 0 Å². The minimum absolute atomic E-state index is 0.801. The van der Waals surface area contributed by atoms with Gasteiger partial charge in [0.15, 0.2) is 0 Å². The Balaban J connectivity index is 2.64. The molecule has 1 aromatic carbocycles. The molecule has 2 rings (SSSR count). The topological polar surface area (TPSA) is 39.2 Å². The number of nitrogens with two attached hydrogens (primary N) is 1. The maximum Gasteiger partial charge on any atom is 0.134 e. The van der Waals surface area contributed by atoms with Crippen molar-refractivity contribution < 1.29 is 4.42 Å². The van der Waals surface area contributed by atoms with Gasteiger partial charge in [-0.15, -0.1) is 0 Å². The van der Waals surface area contributed by atoms with Gasteiger partial charge >= 0.3 is 0 Å². The number of anilines is 1. The lowest BCUT2D eigenvalue weighted by atomic mass is 10.00. The van der Waals surface area contributed by atoms with E-state index in [1.54, 1.807) is 6.26 Å². The van der Waals surface area contributed by atoms with Crippen LogP contribution in [-0.2, 0) is 0 Å². The van der Waals surface area contributed by atoms with Gasteiger partial charge < -0.3 is 10.2 Å². The highest BCUT2D eigenvalue weighted by atomic mass is 16.3. The molecule has 14 heavy (non-hydrogen) atoms. The second-order valence-electron chi connectivity index (χ2n) is 3.51. The van der Waals surface area contributed by atoms with Crippen molar-refractivity contribution in [1.29, 1.82) is 0 Å². The standard InChI is InChI=1S/C12H13NO/c1-8-6-10(13)7-9(2)12(8)11-4-3-5-14-11/h3-7H,13H2,1-2H3. The number of aryl methyl sites for hydroxylation is 2. The smallest absolute Gasteiger partial charge is 0.134 e. The van der Waals surface area contributed by atoms with Crippen molar-refractivity contribution in [2.75, 3.05) is 5.73 Å². The summed E-state index contributed by atoms with van der Waals surface area (Å²) in [6.45, 7) is 4.09. The van der Waals surface area contributed by atoms with E-state index in [-0.39, 0.29) is 0 Å². The zero-order valence-electron chi connectivity index (χ0n) is 8.37. The molecule has 0 aliphatic rings. The zero-order chi connectivity index (χ0) is 10.1. The van der Waals surface area contributed by atoms with Crippen molar-refractivity contribution in [3.8, 4) is 11.3 Å². The number of benzene rings is 1. The van der Waals surface area contributed by atoms with E-state index >= 15 is 0 Å². The SMILES string of the molecule is Cc1cc(N)cc(C)c1-c1ccco1. The molecule has 0 saturated carbocycles. The molecule has 0 radical (unpaired) electrons. The first-order chi connectivity index (χ1) is 6.68. The molecule has 0 bridgehead atoms. The molecule has 2 N–H and O–H groups in total. The van der Waals surface area contributed by atoms with E-state index in [4.69, 9.17) is 10.2 Å². The van der Waals surface area contributed by atoms with E-state index in [0.717, 1.165) is 28.1 Å². The van der Waals surface area contributed by atoms with Gasteiger partial charge in [0.25, 0.3) is 0 Å². The second kappa shape index (κ2) is 3.22. The highest BCUT2D eigenvalue weighted by Gasteiger charge is 2.08. The summed E-state index contributed by atoms with van der Waals surface area (Å²) in [6, 6.07) is 7.78. The van der Waals surface area contributed by atoms with E-state index in [0.29, 0.717) is 0 Å². The molecular formula is C12H13NO. The molecule has 1 heterocycles.